The highest BCUT2D eigenvalue weighted by atomic mass is 32.1. The Balaban J connectivity index is 1.48. The molecule has 0 saturated heterocycles. The first kappa shape index (κ1) is 22.4. The van der Waals surface area contributed by atoms with E-state index in [0.29, 0.717) is 29.5 Å². The molecule has 0 aliphatic heterocycles. The van der Waals surface area contributed by atoms with Crippen LogP contribution in [-0.4, -0.2) is 38.4 Å². The maximum atomic E-state index is 12.0. The maximum absolute atomic E-state index is 12.0. The molecular formula is C23H25NO6S. The Morgan fingerprint density at radius 3 is 2.42 bits per heavy atom. The number of esters is 1. The number of hydrogen-bond donors (Lipinski definition) is 0. The van der Waals surface area contributed by atoms with Gasteiger partial charge in [-0.2, -0.15) is 0 Å². The largest absolute Gasteiger partial charge is 0.494 e. The number of hydrogen-bond acceptors (Lipinski definition) is 8. The second-order valence-electron chi connectivity index (χ2n) is 6.35. The summed E-state index contributed by atoms with van der Waals surface area (Å²) in [6, 6.07) is 12.9. The molecule has 164 valence electrons. The quantitative estimate of drug-likeness (QED) is 0.396. The van der Waals surface area contributed by atoms with E-state index >= 15 is 0 Å². The highest BCUT2D eigenvalue weighted by Crippen LogP contribution is 2.39. The minimum Gasteiger partial charge on any atom is -0.494 e. The lowest BCUT2D eigenvalue weighted by molar-refractivity contribution is -0.145. The second kappa shape index (κ2) is 11.2. The van der Waals surface area contributed by atoms with E-state index in [1.54, 1.807) is 26.4 Å². The molecule has 1 heterocycles. The topological polar surface area (TPSA) is 76.1 Å². The van der Waals surface area contributed by atoms with Crippen molar-refractivity contribution in [1.82, 2.24) is 4.98 Å². The van der Waals surface area contributed by atoms with Crippen molar-refractivity contribution < 1.29 is 28.5 Å². The number of benzene rings is 2. The van der Waals surface area contributed by atoms with Gasteiger partial charge in [0.1, 0.15) is 23.1 Å². The fraction of sp³-hybridized carbons (Fsp3) is 0.304. The smallest absolute Gasteiger partial charge is 0.309 e. The van der Waals surface area contributed by atoms with Gasteiger partial charge in [-0.05, 0) is 43.3 Å². The first-order chi connectivity index (χ1) is 15.1. The summed E-state index contributed by atoms with van der Waals surface area (Å²) in [5, 5.41) is 2.62. The molecular weight excluding hydrogens is 418 g/mol. The molecule has 7 nitrogen and oxygen atoms in total. The molecule has 2 aromatic carbocycles. The molecule has 0 atom stereocenters. The van der Waals surface area contributed by atoms with E-state index in [0.717, 1.165) is 16.3 Å². The molecule has 1 aromatic heterocycles. The van der Waals surface area contributed by atoms with Crippen LogP contribution in [-0.2, 0) is 16.1 Å². The van der Waals surface area contributed by atoms with Gasteiger partial charge in [0, 0.05) is 5.38 Å². The first-order valence-corrected chi connectivity index (χ1v) is 10.7. The molecule has 0 aliphatic rings. The van der Waals surface area contributed by atoms with E-state index in [9.17, 15) is 4.79 Å². The molecule has 0 saturated carbocycles. The zero-order valence-corrected chi connectivity index (χ0v) is 18.6. The Hall–Kier alpha value is -3.26. The van der Waals surface area contributed by atoms with Crippen molar-refractivity contribution in [3.8, 4) is 33.6 Å². The number of nitrogens with zero attached hydrogens (tertiary/aromatic N) is 1. The molecule has 0 amide bonds. The van der Waals surface area contributed by atoms with Crippen LogP contribution in [0.25, 0.3) is 10.6 Å². The summed E-state index contributed by atoms with van der Waals surface area (Å²) in [5.41, 5.74) is 1.50. The molecule has 3 aromatic rings. The molecule has 0 aliphatic carbocycles. The van der Waals surface area contributed by atoms with Crippen LogP contribution in [0.5, 0.6) is 23.0 Å². The summed E-state index contributed by atoms with van der Waals surface area (Å²) in [5.74, 6) is 2.36. The third kappa shape index (κ3) is 6.11. The van der Waals surface area contributed by atoms with Crippen molar-refractivity contribution >= 4 is 17.3 Å². The van der Waals surface area contributed by atoms with Crippen LogP contribution >= 0.6 is 11.3 Å². The predicted octanol–water partition coefficient (Wildman–Crippen LogP) is 4.74. The van der Waals surface area contributed by atoms with Gasteiger partial charge in [0.25, 0.3) is 0 Å². The number of ether oxygens (including phenoxy) is 5. The predicted molar refractivity (Wildman–Crippen MR) is 118 cm³/mol. The monoisotopic (exact) mass is 443 g/mol. The van der Waals surface area contributed by atoms with Gasteiger partial charge < -0.3 is 23.7 Å². The summed E-state index contributed by atoms with van der Waals surface area (Å²) >= 11 is 1.45. The molecule has 0 spiro atoms. The Morgan fingerprint density at radius 2 is 1.74 bits per heavy atom. The lowest BCUT2D eigenvalue weighted by atomic mass is 10.2. The summed E-state index contributed by atoms with van der Waals surface area (Å²) in [4.78, 5) is 16.6. The molecule has 0 radical (unpaired) electrons. The normalized spacial score (nSPS) is 10.4. The number of rotatable bonds is 11. The summed E-state index contributed by atoms with van der Waals surface area (Å²) < 4.78 is 27.1. The third-order valence-electron chi connectivity index (χ3n) is 4.28. The van der Waals surface area contributed by atoms with E-state index < -0.39 is 0 Å². The van der Waals surface area contributed by atoms with Crippen LogP contribution in [0.4, 0.5) is 0 Å². The van der Waals surface area contributed by atoms with E-state index in [4.69, 9.17) is 23.7 Å². The van der Waals surface area contributed by atoms with Gasteiger partial charge in [0.15, 0.2) is 11.5 Å². The van der Waals surface area contributed by atoms with Gasteiger partial charge in [0.2, 0.25) is 0 Å². The zero-order valence-electron chi connectivity index (χ0n) is 17.8. The molecule has 0 unspecified atom stereocenters. The van der Waals surface area contributed by atoms with Crippen molar-refractivity contribution in [2.75, 3.05) is 27.4 Å². The maximum Gasteiger partial charge on any atom is 0.309 e. The number of para-hydroxylation sites is 1. The average molecular weight is 444 g/mol. The van der Waals surface area contributed by atoms with E-state index in [-0.39, 0.29) is 25.6 Å². The standard InChI is InChI=1S/C23H25NO6S/c1-4-28-17-8-10-18(11-9-17)29-13-12-21(25)30-14-16-15-31-23(24-16)19-6-5-7-20(26-2)22(19)27-3/h5-11,15H,4,12-14H2,1-3H3. The Morgan fingerprint density at radius 1 is 1.00 bits per heavy atom. The third-order valence-corrected chi connectivity index (χ3v) is 5.20. The van der Waals surface area contributed by atoms with Gasteiger partial charge in [-0.3, -0.25) is 4.79 Å². The van der Waals surface area contributed by atoms with Crippen LogP contribution < -0.4 is 18.9 Å². The van der Waals surface area contributed by atoms with Crippen LogP contribution in [0.1, 0.15) is 19.0 Å². The summed E-state index contributed by atoms with van der Waals surface area (Å²) in [7, 11) is 3.18. The molecule has 0 bridgehead atoms. The number of aromatic nitrogens is 1. The lowest BCUT2D eigenvalue weighted by Gasteiger charge is -2.10. The van der Waals surface area contributed by atoms with Crippen LogP contribution in [0, 0.1) is 0 Å². The van der Waals surface area contributed by atoms with Crippen LogP contribution in [0.2, 0.25) is 0 Å². The van der Waals surface area contributed by atoms with Crippen molar-refractivity contribution in [2.45, 2.75) is 20.0 Å². The van der Waals surface area contributed by atoms with Crippen molar-refractivity contribution in [2.24, 2.45) is 0 Å². The van der Waals surface area contributed by atoms with Crippen molar-refractivity contribution in [3.05, 3.63) is 53.5 Å². The Bertz CT molecular complexity index is 986. The second-order valence-corrected chi connectivity index (χ2v) is 7.21. The van der Waals surface area contributed by atoms with Crippen molar-refractivity contribution in [3.63, 3.8) is 0 Å². The van der Waals surface area contributed by atoms with Crippen LogP contribution in [0.15, 0.2) is 47.8 Å². The van der Waals surface area contributed by atoms with Gasteiger partial charge in [-0.1, -0.05) is 6.07 Å². The van der Waals surface area contributed by atoms with E-state index in [1.807, 2.05) is 42.6 Å². The first-order valence-electron chi connectivity index (χ1n) is 9.81. The Kier molecular flexibility index (Phi) is 8.12. The van der Waals surface area contributed by atoms with Gasteiger partial charge in [-0.15, -0.1) is 11.3 Å². The SMILES string of the molecule is CCOc1ccc(OCCC(=O)OCc2csc(-c3cccc(OC)c3OC)n2)cc1. The molecule has 3 rings (SSSR count). The molecule has 8 heteroatoms. The Labute approximate surface area is 185 Å². The lowest BCUT2D eigenvalue weighted by Crippen LogP contribution is -2.10. The highest BCUT2D eigenvalue weighted by molar-refractivity contribution is 7.13. The van der Waals surface area contributed by atoms with Gasteiger partial charge >= 0.3 is 5.97 Å². The molecule has 0 fully saturated rings. The van der Waals surface area contributed by atoms with Gasteiger partial charge in [0.05, 0.1) is 45.1 Å². The van der Waals surface area contributed by atoms with Gasteiger partial charge in [-0.25, -0.2) is 4.98 Å². The fourth-order valence-corrected chi connectivity index (χ4v) is 3.66. The number of carbonyl (C=O) groups excluding carboxylic acids is 1. The molecule has 0 N–H and O–H groups in total. The van der Waals surface area contributed by atoms with E-state index in [2.05, 4.69) is 4.98 Å². The zero-order chi connectivity index (χ0) is 22.1. The minimum absolute atomic E-state index is 0.102. The van der Waals surface area contributed by atoms with Crippen LogP contribution in [0.3, 0.4) is 0 Å². The van der Waals surface area contributed by atoms with E-state index in [1.165, 1.54) is 11.3 Å². The number of methoxy groups -OCH3 is 2. The average Bonchev–Trinajstić information content (AvgIpc) is 3.27. The van der Waals surface area contributed by atoms with Crippen molar-refractivity contribution in [1.29, 1.82) is 0 Å². The number of thiazole rings is 1. The summed E-state index contributed by atoms with van der Waals surface area (Å²) in [6.07, 6.45) is 0.147. The summed E-state index contributed by atoms with van der Waals surface area (Å²) in [6.45, 7) is 2.87. The number of carbonyl (C=O) groups is 1. The highest BCUT2D eigenvalue weighted by Gasteiger charge is 2.15. The fourth-order valence-electron chi connectivity index (χ4n) is 2.83. The molecule has 31 heavy (non-hydrogen) atoms. The minimum atomic E-state index is -0.348.